The fourth-order valence-corrected chi connectivity index (χ4v) is 5.47. The van der Waals surface area contributed by atoms with Gasteiger partial charge in [-0.05, 0) is 51.1 Å². The standard InChI is InChI=1S/C24H29N5/c1-18-26-22-21(23(27-18)29-15-20(14-25)16-29)8-11-24(22)10-5-12-28(17-24)13-9-19-6-3-2-4-7-19/h2-4,6-7,20H,5,8-13,15-17H2,1H3. The van der Waals surface area contributed by atoms with Crippen molar-refractivity contribution in [1.82, 2.24) is 14.9 Å². The van der Waals surface area contributed by atoms with Crippen molar-refractivity contribution < 1.29 is 0 Å². The third-order valence-electron chi connectivity index (χ3n) is 7.03. The summed E-state index contributed by atoms with van der Waals surface area (Å²) >= 11 is 0. The summed E-state index contributed by atoms with van der Waals surface area (Å²) in [5.41, 5.74) is 4.28. The summed E-state index contributed by atoms with van der Waals surface area (Å²) in [6.07, 6.45) is 5.85. The molecule has 1 aromatic carbocycles. The molecule has 2 saturated heterocycles. The maximum Gasteiger partial charge on any atom is 0.135 e. The van der Waals surface area contributed by atoms with E-state index in [0.717, 1.165) is 50.7 Å². The summed E-state index contributed by atoms with van der Waals surface area (Å²) in [6, 6.07) is 13.2. The second-order valence-electron chi connectivity index (χ2n) is 9.05. The number of benzene rings is 1. The number of anilines is 1. The maximum absolute atomic E-state index is 9.14. The number of hydrogen-bond acceptors (Lipinski definition) is 5. The summed E-state index contributed by atoms with van der Waals surface area (Å²) < 4.78 is 0. The quantitative estimate of drug-likeness (QED) is 0.806. The van der Waals surface area contributed by atoms with Gasteiger partial charge in [0.15, 0.2) is 0 Å². The van der Waals surface area contributed by atoms with Crippen molar-refractivity contribution in [3.8, 4) is 6.07 Å². The van der Waals surface area contributed by atoms with Crippen LogP contribution in [0.2, 0.25) is 0 Å². The minimum atomic E-state index is 0.152. The summed E-state index contributed by atoms with van der Waals surface area (Å²) in [7, 11) is 0. The lowest BCUT2D eigenvalue weighted by atomic mass is 9.77. The Morgan fingerprint density at radius 3 is 2.79 bits per heavy atom. The van der Waals surface area contributed by atoms with E-state index in [-0.39, 0.29) is 11.3 Å². The topological polar surface area (TPSA) is 56.1 Å². The van der Waals surface area contributed by atoms with Crippen molar-refractivity contribution in [2.45, 2.75) is 44.4 Å². The molecule has 1 aromatic heterocycles. The highest BCUT2D eigenvalue weighted by Crippen LogP contribution is 2.47. The zero-order chi connectivity index (χ0) is 19.8. The highest BCUT2D eigenvalue weighted by Gasteiger charge is 2.45. The number of aryl methyl sites for hydroxylation is 1. The molecule has 2 aliphatic heterocycles. The van der Waals surface area contributed by atoms with Crippen LogP contribution in [0.5, 0.6) is 0 Å². The second-order valence-corrected chi connectivity index (χ2v) is 9.05. The van der Waals surface area contributed by atoms with Crippen LogP contribution in [-0.4, -0.2) is 47.6 Å². The first-order chi connectivity index (χ1) is 14.2. The molecule has 5 heteroatoms. The molecular weight excluding hydrogens is 358 g/mol. The third kappa shape index (κ3) is 3.40. The molecule has 2 fully saturated rings. The van der Waals surface area contributed by atoms with Crippen molar-refractivity contribution in [1.29, 1.82) is 5.26 Å². The Kier molecular flexibility index (Phi) is 4.75. The first kappa shape index (κ1) is 18.6. The molecule has 1 unspecified atom stereocenters. The fraction of sp³-hybridized carbons (Fsp3) is 0.542. The van der Waals surface area contributed by atoms with Crippen LogP contribution >= 0.6 is 0 Å². The number of hydrogen-bond donors (Lipinski definition) is 0. The van der Waals surface area contributed by atoms with Crippen LogP contribution in [0.25, 0.3) is 0 Å². The van der Waals surface area contributed by atoms with Gasteiger partial charge in [0.25, 0.3) is 0 Å². The van der Waals surface area contributed by atoms with Crippen LogP contribution in [0.15, 0.2) is 30.3 Å². The number of fused-ring (bicyclic) bond motifs is 2. The molecule has 5 nitrogen and oxygen atoms in total. The Hall–Kier alpha value is -2.45. The summed E-state index contributed by atoms with van der Waals surface area (Å²) in [6.45, 7) is 7.08. The molecule has 2 aromatic rings. The molecule has 1 spiro atoms. The van der Waals surface area contributed by atoms with Crippen molar-refractivity contribution >= 4 is 5.82 Å². The molecule has 150 valence electrons. The van der Waals surface area contributed by atoms with Gasteiger partial charge in [0, 0.05) is 37.2 Å². The summed E-state index contributed by atoms with van der Waals surface area (Å²) in [4.78, 5) is 14.7. The Morgan fingerprint density at radius 2 is 2.00 bits per heavy atom. The normalized spacial score (nSPS) is 24.3. The van der Waals surface area contributed by atoms with Gasteiger partial charge in [0.05, 0.1) is 17.7 Å². The number of piperidine rings is 1. The minimum Gasteiger partial charge on any atom is -0.353 e. The largest absolute Gasteiger partial charge is 0.353 e. The minimum absolute atomic E-state index is 0.152. The van der Waals surface area contributed by atoms with Gasteiger partial charge in [-0.1, -0.05) is 30.3 Å². The van der Waals surface area contributed by atoms with E-state index in [4.69, 9.17) is 15.2 Å². The highest BCUT2D eigenvalue weighted by molar-refractivity contribution is 5.56. The van der Waals surface area contributed by atoms with Crippen LogP contribution in [0.1, 0.15) is 41.9 Å². The first-order valence-electron chi connectivity index (χ1n) is 11.0. The Balaban J connectivity index is 1.36. The summed E-state index contributed by atoms with van der Waals surface area (Å²) in [5, 5.41) is 9.14. The lowest BCUT2D eigenvalue weighted by Crippen LogP contribution is -2.47. The molecule has 0 saturated carbocycles. The number of nitrogens with zero attached hydrogens (tertiary/aromatic N) is 5. The van der Waals surface area contributed by atoms with E-state index in [1.807, 2.05) is 6.92 Å². The van der Waals surface area contributed by atoms with E-state index in [0.29, 0.717) is 0 Å². The lowest BCUT2D eigenvalue weighted by Gasteiger charge is -2.41. The zero-order valence-corrected chi connectivity index (χ0v) is 17.3. The van der Waals surface area contributed by atoms with Crippen molar-refractivity contribution in [3.63, 3.8) is 0 Å². The van der Waals surface area contributed by atoms with Crippen molar-refractivity contribution in [2.24, 2.45) is 5.92 Å². The van der Waals surface area contributed by atoms with E-state index in [1.165, 1.54) is 42.6 Å². The van der Waals surface area contributed by atoms with Crippen LogP contribution in [0.4, 0.5) is 5.82 Å². The van der Waals surface area contributed by atoms with Gasteiger partial charge in [-0.15, -0.1) is 0 Å². The van der Waals surface area contributed by atoms with E-state index in [9.17, 15) is 0 Å². The smallest absolute Gasteiger partial charge is 0.135 e. The van der Waals surface area contributed by atoms with Crippen molar-refractivity contribution in [2.75, 3.05) is 37.6 Å². The van der Waals surface area contributed by atoms with Crippen LogP contribution in [0.3, 0.4) is 0 Å². The average Bonchev–Trinajstić information content (AvgIpc) is 3.04. The van der Waals surface area contributed by atoms with Gasteiger partial charge in [0.1, 0.15) is 11.6 Å². The molecule has 0 radical (unpaired) electrons. The number of rotatable bonds is 4. The number of likely N-dealkylation sites (tertiary alicyclic amines) is 1. The van der Waals surface area contributed by atoms with E-state index in [1.54, 1.807) is 0 Å². The zero-order valence-electron chi connectivity index (χ0n) is 17.3. The van der Waals surface area contributed by atoms with Crippen LogP contribution < -0.4 is 4.90 Å². The van der Waals surface area contributed by atoms with Gasteiger partial charge >= 0.3 is 0 Å². The first-order valence-corrected chi connectivity index (χ1v) is 11.0. The van der Waals surface area contributed by atoms with Gasteiger partial charge in [0.2, 0.25) is 0 Å². The molecular formula is C24H29N5. The molecule has 0 bridgehead atoms. The number of nitriles is 1. The summed E-state index contributed by atoms with van der Waals surface area (Å²) in [5.74, 6) is 2.14. The third-order valence-corrected chi connectivity index (χ3v) is 7.03. The Labute approximate surface area is 173 Å². The van der Waals surface area contributed by atoms with Gasteiger partial charge in [-0.2, -0.15) is 5.26 Å². The molecule has 3 aliphatic rings. The van der Waals surface area contributed by atoms with Crippen molar-refractivity contribution in [3.05, 3.63) is 53.0 Å². The average molecular weight is 388 g/mol. The molecule has 3 heterocycles. The molecule has 0 amide bonds. The monoisotopic (exact) mass is 387 g/mol. The SMILES string of the molecule is Cc1nc(N2CC(C#N)C2)c2c(n1)C1(CCCN(CCc3ccccc3)C1)CC2. The molecule has 1 aliphatic carbocycles. The number of aromatic nitrogens is 2. The lowest BCUT2D eigenvalue weighted by molar-refractivity contribution is 0.144. The second kappa shape index (κ2) is 7.42. The Bertz CT molecular complexity index is 928. The van der Waals surface area contributed by atoms with Gasteiger partial charge in [-0.25, -0.2) is 9.97 Å². The van der Waals surface area contributed by atoms with Gasteiger partial charge in [-0.3, -0.25) is 0 Å². The fourth-order valence-electron chi connectivity index (χ4n) is 5.47. The van der Waals surface area contributed by atoms with E-state index >= 15 is 0 Å². The molecule has 0 N–H and O–H groups in total. The van der Waals surface area contributed by atoms with E-state index < -0.39 is 0 Å². The maximum atomic E-state index is 9.14. The van der Waals surface area contributed by atoms with Crippen LogP contribution in [0, 0.1) is 24.2 Å². The molecule has 29 heavy (non-hydrogen) atoms. The molecule has 1 atom stereocenters. The highest BCUT2D eigenvalue weighted by atomic mass is 15.3. The molecule has 5 rings (SSSR count). The van der Waals surface area contributed by atoms with E-state index in [2.05, 4.69) is 46.2 Å². The Morgan fingerprint density at radius 1 is 1.17 bits per heavy atom. The predicted octanol–water partition coefficient (Wildman–Crippen LogP) is 3.27. The van der Waals surface area contributed by atoms with Crippen LogP contribution in [-0.2, 0) is 18.3 Å². The van der Waals surface area contributed by atoms with Gasteiger partial charge < -0.3 is 9.80 Å². The predicted molar refractivity (Wildman–Crippen MR) is 114 cm³/mol.